The monoisotopic (exact) mass is 374 g/mol. The molecule has 27 heavy (non-hydrogen) atoms. The molecule has 1 aromatic rings. The quantitative estimate of drug-likeness (QED) is 0.548. The Morgan fingerprint density at radius 1 is 1.37 bits per heavy atom. The predicted molar refractivity (Wildman–Crippen MR) is 106 cm³/mol. The van der Waals surface area contributed by atoms with Gasteiger partial charge in [-0.2, -0.15) is 0 Å². The third-order valence-electron chi connectivity index (χ3n) is 4.81. The van der Waals surface area contributed by atoms with E-state index in [9.17, 15) is 9.90 Å². The number of aliphatic hydroxyl groups excluding tert-OH is 1. The van der Waals surface area contributed by atoms with Gasteiger partial charge >= 0.3 is 0 Å². The number of aliphatic hydroxyl groups is 1. The lowest BCUT2D eigenvalue weighted by Gasteiger charge is -2.23. The minimum atomic E-state index is -0.980. The number of oxime groups is 1. The number of ether oxygens (including phenoxy) is 1. The number of aryl methyl sites for hydroxylation is 1. The van der Waals surface area contributed by atoms with Crippen LogP contribution < -0.4 is 4.74 Å². The van der Waals surface area contributed by atoms with Crippen molar-refractivity contribution in [1.82, 2.24) is 4.98 Å². The fourth-order valence-corrected chi connectivity index (χ4v) is 3.30. The Hall–Kier alpha value is -2.21. The molecule has 0 saturated heterocycles. The summed E-state index contributed by atoms with van der Waals surface area (Å²) in [5, 5.41) is 15.2. The van der Waals surface area contributed by atoms with Crippen LogP contribution in [0.1, 0.15) is 74.6 Å². The fraction of sp³-hybridized carbons (Fsp3) is 0.571. The summed E-state index contributed by atoms with van der Waals surface area (Å²) in [6, 6.07) is 0. The number of Topliss-reactive ketones (excluding diaryl/α,β-unsaturated/α-hetero) is 1. The number of carbonyl (C=O) groups excluding carboxylic acids is 1. The second kappa shape index (κ2) is 9.65. The van der Waals surface area contributed by atoms with Crippen molar-refractivity contribution in [2.75, 3.05) is 13.7 Å². The minimum Gasteiger partial charge on any atom is -0.494 e. The van der Waals surface area contributed by atoms with Gasteiger partial charge in [0, 0.05) is 23.3 Å². The van der Waals surface area contributed by atoms with E-state index in [4.69, 9.17) is 9.57 Å². The Kier molecular flexibility index (Phi) is 7.54. The van der Waals surface area contributed by atoms with Crippen LogP contribution in [-0.4, -0.2) is 35.3 Å². The summed E-state index contributed by atoms with van der Waals surface area (Å²) in [4.78, 5) is 22.3. The number of rotatable bonds is 8. The number of hydrogen-bond acceptors (Lipinski definition) is 6. The van der Waals surface area contributed by atoms with E-state index in [1.54, 1.807) is 7.11 Å². The molecule has 0 bridgehead atoms. The summed E-state index contributed by atoms with van der Waals surface area (Å²) in [6.07, 6.45) is 4.56. The van der Waals surface area contributed by atoms with Crippen LogP contribution in [-0.2, 0) is 9.63 Å². The number of pyridine rings is 1. The zero-order valence-electron chi connectivity index (χ0n) is 17.0. The Morgan fingerprint density at radius 3 is 2.70 bits per heavy atom. The molecule has 0 aliphatic heterocycles. The van der Waals surface area contributed by atoms with Gasteiger partial charge in [-0.05, 0) is 45.6 Å². The van der Waals surface area contributed by atoms with Crippen molar-refractivity contribution < 1.29 is 19.5 Å². The van der Waals surface area contributed by atoms with Crippen LogP contribution in [0, 0.1) is 13.8 Å². The van der Waals surface area contributed by atoms with E-state index in [0.717, 1.165) is 30.5 Å². The van der Waals surface area contributed by atoms with Gasteiger partial charge in [-0.25, -0.2) is 4.98 Å². The van der Waals surface area contributed by atoms with Gasteiger partial charge in [0.05, 0.1) is 12.8 Å². The average molecular weight is 374 g/mol. The highest BCUT2D eigenvalue weighted by Crippen LogP contribution is 2.38. The third kappa shape index (κ3) is 4.56. The highest BCUT2D eigenvalue weighted by molar-refractivity contribution is 6.21. The Morgan fingerprint density at radius 2 is 2.11 bits per heavy atom. The number of allylic oxidation sites excluding steroid dienone is 2. The van der Waals surface area contributed by atoms with E-state index in [-0.39, 0.29) is 5.78 Å². The van der Waals surface area contributed by atoms with Gasteiger partial charge in [0.25, 0.3) is 0 Å². The first-order valence-electron chi connectivity index (χ1n) is 9.61. The number of ketones is 1. The summed E-state index contributed by atoms with van der Waals surface area (Å²) in [5.41, 5.74) is 3.81. The van der Waals surface area contributed by atoms with E-state index >= 15 is 0 Å². The molecule has 6 heteroatoms. The predicted octanol–water partition coefficient (Wildman–Crippen LogP) is 4.07. The van der Waals surface area contributed by atoms with E-state index in [1.807, 2.05) is 33.8 Å². The van der Waals surface area contributed by atoms with E-state index in [2.05, 4.69) is 10.1 Å². The molecule has 1 N–H and O–H groups in total. The smallest absolute Gasteiger partial charge is 0.164 e. The summed E-state index contributed by atoms with van der Waals surface area (Å²) in [6.45, 7) is 8.07. The lowest BCUT2D eigenvalue weighted by Crippen LogP contribution is -2.18. The highest BCUT2D eigenvalue weighted by Gasteiger charge is 2.29. The highest BCUT2D eigenvalue weighted by atomic mass is 16.6. The van der Waals surface area contributed by atoms with Crippen molar-refractivity contribution in [3.63, 3.8) is 0 Å². The molecule has 0 aromatic carbocycles. The normalized spacial score (nSPS) is 16.1. The van der Waals surface area contributed by atoms with E-state index in [1.165, 1.54) is 0 Å². The zero-order valence-corrected chi connectivity index (χ0v) is 17.0. The first kappa shape index (κ1) is 21.1. The molecule has 1 atom stereocenters. The van der Waals surface area contributed by atoms with Gasteiger partial charge in [-0.1, -0.05) is 24.6 Å². The van der Waals surface area contributed by atoms with Crippen molar-refractivity contribution >= 4 is 17.1 Å². The molecule has 1 aromatic heterocycles. The Bertz CT molecular complexity index is 753. The third-order valence-corrected chi connectivity index (χ3v) is 4.81. The van der Waals surface area contributed by atoms with Gasteiger partial charge in [0.15, 0.2) is 11.5 Å². The molecule has 6 nitrogen and oxygen atoms in total. The zero-order chi connectivity index (χ0) is 20.0. The summed E-state index contributed by atoms with van der Waals surface area (Å²) in [7, 11) is 1.54. The van der Waals surface area contributed by atoms with E-state index < -0.39 is 6.10 Å². The molecule has 1 unspecified atom stereocenters. The molecule has 0 radical (unpaired) electrons. The van der Waals surface area contributed by atoms with Crippen LogP contribution in [0.15, 0.2) is 11.2 Å². The summed E-state index contributed by atoms with van der Waals surface area (Å²) < 4.78 is 5.66. The maximum Gasteiger partial charge on any atom is 0.164 e. The number of aromatic nitrogens is 1. The second-order valence-electron chi connectivity index (χ2n) is 6.70. The summed E-state index contributed by atoms with van der Waals surface area (Å²) in [5.74, 6) is 0.500. The molecule has 1 aliphatic rings. The molecule has 0 amide bonds. The van der Waals surface area contributed by atoms with Crippen LogP contribution in [0.4, 0.5) is 0 Å². The van der Waals surface area contributed by atoms with Crippen molar-refractivity contribution in [2.45, 2.75) is 65.9 Å². The van der Waals surface area contributed by atoms with Gasteiger partial charge in [-0.15, -0.1) is 0 Å². The first-order valence-corrected chi connectivity index (χ1v) is 9.61. The van der Waals surface area contributed by atoms with Crippen molar-refractivity contribution in [3.05, 3.63) is 28.6 Å². The average Bonchev–Trinajstić information content (AvgIpc) is 2.66. The van der Waals surface area contributed by atoms with Crippen LogP contribution in [0.25, 0.3) is 5.57 Å². The lowest BCUT2D eigenvalue weighted by atomic mass is 9.90. The summed E-state index contributed by atoms with van der Waals surface area (Å²) >= 11 is 0. The molecular formula is C21H30N2O4. The number of carbonyl (C=O) groups is 1. The number of hydrogen-bond donors (Lipinski definition) is 1. The Balaban J connectivity index is 2.64. The van der Waals surface area contributed by atoms with Crippen LogP contribution in [0.5, 0.6) is 5.75 Å². The number of nitrogens with zero attached hydrogens (tertiary/aromatic N) is 2. The molecular weight excluding hydrogens is 344 g/mol. The van der Waals surface area contributed by atoms with Gasteiger partial charge in [-0.3, -0.25) is 4.79 Å². The standard InChI is InChI=1S/C21H30N2O4/c1-6-10-16(23-27-7-2)20(25)18-13(3)14(4)22-19(21(18)26-5)15-11-8-9-12-17(15)24/h11,20,25H,6-10,12H2,1-5H3/b23-16+. The molecule has 0 saturated carbocycles. The van der Waals surface area contributed by atoms with Crippen molar-refractivity contribution in [1.29, 1.82) is 0 Å². The second-order valence-corrected chi connectivity index (χ2v) is 6.70. The largest absolute Gasteiger partial charge is 0.494 e. The van der Waals surface area contributed by atoms with Crippen molar-refractivity contribution in [3.8, 4) is 5.75 Å². The molecule has 1 aliphatic carbocycles. The maximum atomic E-state index is 12.4. The minimum absolute atomic E-state index is 0.0625. The lowest BCUT2D eigenvalue weighted by molar-refractivity contribution is -0.114. The van der Waals surface area contributed by atoms with E-state index in [0.29, 0.717) is 47.7 Å². The van der Waals surface area contributed by atoms with Crippen LogP contribution in [0.3, 0.4) is 0 Å². The van der Waals surface area contributed by atoms with Crippen LogP contribution in [0.2, 0.25) is 0 Å². The SMILES string of the molecule is CCC/C(=N\OCC)C(O)c1c(C)c(C)nc(C2=CCCCC2=O)c1OC. The van der Waals surface area contributed by atoms with Gasteiger partial charge in [0.2, 0.25) is 0 Å². The number of methoxy groups -OCH3 is 1. The van der Waals surface area contributed by atoms with Crippen molar-refractivity contribution in [2.24, 2.45) is 5.16 Å². The van der Waals surface area contributed by atoms with Gasteiger partial charge in [0.1, 0.15) is 18.4 Å². The molecule has 2 rings (SSSR count). The Labute approximate surface area is 161 Å². The fourth-order valence-electron chi connectivity index (χ4n) is 3.30. The molecule has 0 spiro atoms. The molecule has 0 fully saturated rings. The topological polar surface area (TPSA) is 81.0 Å². The van der Waals surface area contributed by atoms with Gasteiger partial charge < -0.3 is 14.7 Å². The molecule has 148 valence electrons. The molecule has 1 heterocycles. The maximum absolute atomic E-state index is 12.4. The van der Waals surface area contributed by atoms with Crippen LogP contribution >= 0.6 is 0 Å². The first-order chi connectivity index (χ1) is 13.0.